The Hall–Kier alpha value is -3.01. The molecule has 7 nitrogen and oxygen atoms in total. The fraction of sp³-hybridized carbons (Fsp3) is 0.333. The highest BCUT2D eigenvalue weighted by atomic mass is 19.4. The number of esters is 1. The molecule has 28 heavy (non-hydrogen) atoms. The fourth-order valence-electron chi connectivity index (χ4n) is 2.74. The monoisotopic (exact) mass is 396 g/mol. The largest absolute Gasteiger partial charge is 0.466 e. The van der Waals surface area contributed by atoms with E-state index in [0.29, 0.717) is 11.1 Å². The molecule has 10 heteroatoms. The minimum absolute atomic E-state index is 0.313. The molecule has 0 unspecified atom stereocenters. The summed E-state index contributed by atoms with van der Waals surface area (Å²) in [5.41, 5.74) is -2.51. The second-order valence-electron chi connectivity index (χ2n) is 5.95. The summed E-state index contributed by atoms with van der Waals surface area (Å²) in [4.78, 5) is 32.6. The lowest BCUT2D eigenvalue weighted by Gasteiger charge is -2.42. The van der Waals surface area contributed by atoms with Crippen molar-refractivity contribution in [3.05, 3.63) is 60.2 Å². The van der Waals surface area contributed by atoms with E-state index >= 15 is 0 Å². The number of carbonyl (C=O) groups is 2. The van der Waals surface area contributed by atoms with Gasteiger partial charge < -0.3 is 10.1 Å². The molecule has 2 aromatic rings. The number of halogens is 3. The van der Waals surface area contributed by atoms with Crippen LogP contribution in [0.2, 0.25) is 0 Å². The van der Waals surface area contributed by atoms with E-state index < -0.39 is 23.7 Å². The molecule has 1 atom stereocenters. The molecule has 0 radical (unpaired) electrons. The molecule has 2 rings (SSSR count). The van der Waals surface area contributed by atoms with Crippen LogP contribution in [0.5, 0.6) is 0 Å². The van der Waals surface area contributed by atoms with Crippen molar-refractivity contribution in [2.75, 3.05) is 7.11 Å². The standard InChI is InChI=1S/C18H19F3N4O3/c1-13(26)24-17(16(27)28-2,18(19,20)21)25(11-14-5-8-22-9-6-14)12-15-4-3-7-23-10-15/h3-10H,11-12H2,1-2H3,(H,24,26)/t17-/m1/s1. The van der Waals surface area contributed by atoms with Gasteiger partial charge in [-0.15, -0.1) is 0 Å². The van der Waals surface area contributed by atoms with Crippen LogP contribution in [0, 0.1) is 0 Å². The second-order valence-corrected chi connectivity index (χ2v) is 5.95. The van der Waals surface area contributed by atoms with Gasteiger partial charge in [0.05, 0.1) is 7.11 Å². The van der Waals surface area contributed by atoms with Crippen LogP contribution in [0.15, 0.2) is 49.1 Å². The average molecular weight is 396 g/mol. The molecular formula is C18H19F3N4O3. The van der Waals surface area contributed by atoms with Crippen molar-refractivity contribution in [2.24, 2.45) is 0 Å². The number of aromatic nitrogens is 2. The Kier molecular flexibility index (Phi) is 6.68. The average Bonchev–Trinajstić information content (AvgIpc) is 2.65. The minimum Gasteiger partial charge on any atom is -0.466 e. The lowest BCUT2D eigenvalue weighted by atomic mass is 10.0. The molecular weight excluding hydrogens is 377 g/mol. The predicted molar refractivity (Wildman–Crippen MR) is 92.3 cm³/mol. The highest BCUT2D eigenvalue weighted by Gasteiger charge is 2.66. The molecule has 0 aromatic carbocycles. The van der Waals surface area contributed by atoms with E-state index in [0.717, 1.165) is 18.9 Å². The molecule has 2 aromatic heterocycles. The lowest BCUT2D eigenvalue weighted by molar-refractivity contribution is -0.251. The maximum Gasteiger partial charge on any atom is 0.436 e. The number of rotatable bonds is 7. The number of alkyl halides is 3. The quantitative estimate of drug-likeness (QED) is 0.570. The number of ether oxygens (including phenoxy) is 1. The van der Waals surface area contributed by atoms with E-state index in [9.17, 15) is 22.8 Å². The van der Waals surface area contributed by atoms with Gasteiger partial charge in [-0.05, 0) is 29.3 Å². The first-order valence-electron chi connectivity index (χ1n) is 8.17. The van der Waals surface area contributed by atoms with Gasteiger partial charge in [0.15, 0.2) is 0 Å². The summed E-state index contributed by atoms with van der Waals surface area (Å²) in [6.07, 6.45) is 0.529. The molecule has 0 aliphatic carbocycles. The third-order valence-electron chi connectivity index (χ3n) is 3.94. The number of hydrogen-bond acceptors (Lipinski definition) is 6. The maximum absolute atomic E-state index is 14.2. The summed E-state index contributed by atoms with van der Waals surface area (Å²) in [5, 5.41) is 1.78. The number of hydrogen-bond donors (Lipinski definition) is 1. The zero-order valence-electron chi connectivity index (χ0n) is 15.2. The van der Waals surface area contributed by atoms with Crippen LogP contribution in [0.1, 0.15) is 18.1 Å². The highest BCUT2D eigenvalue weighted by Crippen LogP contribution is 2.37. The predicted octanol–water partition coefficient (Wildman–Crippen LogP) is 2.05. The first-order valence-corrected chi connectivity index (χ1v) is 8.17. The second kappa shape index (κ2) is 8.79. The van der Waals surface area contributed by atoms with E-state index in [4.69, 9.17) is 0 Å². The number of amides is 1. The molecule has 150 valence electrons. The van der Waals surface area contributed by atoms with Gasteiger partial charge in [-0.25, -0.2) is 4.79 Å². The van der Waals surface area contributed by atoms with Crippen molar-refractivity contribution in [2.45, 2.75) is 31.9 Å². The zero-order chi connectivity index (χ0) is 20.8. The van der Waals surface area contributed by atoms with Gasteiger partial charge in [0, 0.05) is 44.8 Å². The summed E-state index contributed by atoms with van der Waals surface area (Å²) in [7, 11) is 0.833. The highest BCUT2D eigenvalue weighted by molar-refractivity contribution is 5.87. The van der Waals surface area contributed by atoms with Crippen LogP contribution in [0.25, 0.3) is 0 Å². The van der Waals surface area contributed by atoms with E-state index in [1.807, 2.05) is 0 Å². The van der Waals surface area contributed by atoms with Crippen LogP contribution >= 0.6 is 0 Å². The van der Waals surface area contributed by atoms with Crippen LogP contribution in [-0.2, 0) is 27.4 Å². The molecule has 0 aliphatic heterocycles. The van der Waals surface area contributed by atoms with Crippen LogP contribution in [-0.4, -0.2) is 45.7 Å². The molecule has 2 heterocycles. The smallest absolute Gasteiger partial charge is 0.436 e. The Morgan fingerprint density at radius 2 is 1.71 bits per heavy atom. The third kappa shape index (κ3) is 4.63. The number of carbonyl (C=O) groups excluding carboxylic acids is 2. The van der Waals surface area contributed by atoms with E-state index in [1.54, 1.807) is 17.4 Å². The number of nitrogens with zero attached hydrogens (tertiary/aromatic N) is 3. The Labute approximate surface area is 159 Å². The fourth-order valence-corrected chi connectivity index (χ4v) is 2.74. The molecule has 1 amide bonds. The SMILES string of the molecule is COC(=O)[C@@](NC(C)=O)(N(Cc1ccncc1)Cc1cccnc1)C(F)(F)F. The zero-order valence-corrected chi connectivity index (χ0v) is 15.2. The number of methoxy groups -OCH3 is 1. The van der Waals surface area contributed by atoms with Gasteiger partial charge in [-0.3, -0.25) is 19.7 Å². The first-order chi connectivity index (χ1) is 13.2. The van der Waals surface area contributed by atoms with Gasteiger partial charge in [0.25, 0.3) is 5.66 Å². The van der Waals surface area contributed by atoms with Crippen molar-refractivity contribution in [3.63, 3.8) is 0 Å². The topological polar surface area (TPSA) is 84.4 Å². The molecule has 0 bridgehead atoms. The Morgan fingerprint density at radius 3 is 2.21 bits per heavy atom. The Balaban J connectivity index is 2.61. The van der Waals surface area contributed by atoms with E-state index in [-0.39, 0.29) is 13.1 Å². The lowest BCUT2D eigenvalue weighted by Crippen LogP contribution is -2.72. The molecule has 0 fully saturated rings. The number of pyridine rings is 2. The summed E-state index contributed by atoms with van der Waals surface area (Å²) in [6.45, 7) is 0.259. The Morgan fingerprint density at radius 1 is 1.07 bits per heavy atom. The van der Waals surface area contributed by atoms with Crippen molar-refractivity contribution >= 4 is 11.9 Å². The van der Waals surface area contributed by atoms with Gasteiger partial charge in [-0.2, -0.15) is 13.2 Å². The molecule has 1 N–H and O–H groups in total. The van der Waals surface area contributed by atoms with Crippen LogP contribution < -0.4 is 5.32 Å². The van der Waals surface area contributed by atoms with E-state index in [1.165, 1.54) is 36.9 Å². The maximum atomic E-state index is 14.2. The van der Waals surface area contributed by atoms with E-state index in [2.05, 4.69) is 14.7 Å². The van der Waals surface area contributed by atoms with Gasteiger partial charge in [-0.1, -0.05) is 6.07 Å². The number of nitrogens with one attached hydrogen (secondary N) is 1. The van der Waals surface area contributed by atoms with Gasteiger partial charge in [0.1, 0.15) is 0 Å². The van der Waals surface area contributed by atoms with Crippen molar-refractivity contribution in [1.29, 1.82) is 0 Å². The van der Waals surface area contributed by atoms with Crippen molar-refractivity contribution < 1.29 is 27.5 Å². The first kappa shape index (κ1) is 21.3. The van der Waals surface area contributed by atoms with Gasteiger partial charge in [0.2, 0.25) is 5.91 Å². The minimum atomic E-state index is -5.17. The van der Waals surface area contributed by atoms with Crippen molar-refractivity contribution in [1.82, 2.24) is 20.2 Å². The van der Waals surface area contributed by atoms with Crippen LogP contribution in [0.4, 0.5) is 13.2 Å². The third-order valence-corrected chi connectivity index (χ3v) is 3.94. The summed E-state index contributed by atoms with van der Waals surface area (Å²) in [6, 6.07) is 6.16. The summed E-state index contributed by atoms with van der Waals surface area (Å²) >= 11 is 0. The van der Waals surface area contributed by atoms with Crippen molar-refractivity contribution in [3.8, 4) is 0 Å². The summed E-state index contributed by atoms with van der Waals surface area (Å²) < 4.78 is 47.2. The normalized spacial score (nSPS) is 13.6. The summed E-state index contributed by atoms with van der Waals surface area (Å²) in [5.74, 6) is -2.68. The van der Waals surface area contributed by atoms with Crippen LogP contribution in [0.3, 0.4) is 0 Å². The van der Waals surface area contributed by atoms with Gasteiger partial charge >= 0.3 is 12.1 Å². The Bertz CT molecular complexity index is 761. The molecule has 0 spiro atoms. The molecule has 0 aliphatic rings. The molecule has 0 saturated heterocycles. The molecule has 0 saturated carbocycles.